The van der Waals surface area contributed by atoms with Gasteiger partial charge < -0.3 is 13.9 Å². The van der Waals surface area contributed by atoms with Gasteiger partial charge in [0, 0.05) is 58.8 Å². The number of para-hydroxylation sites is 3. The molecule has 0 radical (unpaired) electrons. The second-order valence-electron chi connectivity index (χ2n) is 13.0. The zero-order valence-corrected chi connectivity index (χ0v) is 27.7. The van der Waals surface area contributed by atoms with E-state index in [4.69, 9.17) is 4.42 Å². The van der Waals surface area contributed by atoms with Gasteiger partial charge in [-0.25, -0.2) is 0 Å². The second-order valence-corrected chi connectivity index (χ2v) is 14.0. The molecule has 50 heavy (non-hydrogen) atoms. The van der Waals surface area contributed by atoms with E-state index in [-0.39, 0.29) is 0 Å². The minimum atomic E-state index is 0.888. The van der Waals surface area contributed by atoms with Gasteiger partial charge in [-0.2, -0.15) is 0 Å². The molecule has 0 saturated heterocycles. The van der Waals surface area contributed by atoms with E-state index >= 15 is 0 Å². The van der Waals surface area contributed by atoms with E-state index in [9.17, 15) is 0 Å². The Bertz CT molecular complexity index is 3110. The SMILES string of the molecule is c1ccc(-n2c3ccccc3c3c(N(c4ccc5cc6sc7ccccc7c6cc5c4)c4ccc5oc6ccccc6c5c4)cccc32)cc1. The van der Waals surface area contributed by atoms with Crippen molar-refractivity contribution in [1.82, 2.24) is 4.57 Å². The van der Waals surface area contributed by atoms with E-state index in [1.54, 1.807) is 0 Å². The molecule has 0 saturated carbocycles. The van der Waals surface area contributed by atoms with E-state index < -0.39 is 0 Å². The first-order valence-electron chi connectivity index (χ1n) is 16.9. The maximum Gasteiger partial charge on any atom is 0.135 e. The van der Waals surface area contributed by atoms with Crippen molar-refractivity contribution in [2.45, 2.75) is 0 Å². The third-order valence-electron chi connectivity index (χ3n) is 10.1. The van der Waals surface area contributed by atoms with Crippen molar-refractivity contribution >= 4 is 103 Å². The molecular formula is C46H28N2OS. The van der Waals surface area contributed by atoms with Crippen LogP contribution >= 0.6 is 11.3 Å². The molecule has 8 aromatic carbocycles. The maximum atomic E-state index is 6.28. The van der Waals surface area contributed by atoms with E-state index in [1.807, 2.05) is 23.5 Å². The molecule has 4 heteroatoms. The number of benzene rings is 8. The summed E-state index contributed by atoms with van der Waals surface area (Å²) in [4.78, 5) is 2.43. The first kappa shape index (κ1) is 27.6. The summed E-state index contributed by atoms with van der Waals surface area (Å²) in [5.74, 6) is 0. The summed E-state index contributed by atoms with van der Waals surface area (Å²) >= 11 is 1.86. The molecule has 0 bridgehead atoms. The Kier molecular flexibility index (Phi) is 5.83. The predicted octanol–water partition coefficient (Wildman–Crippen LogP) is 13.7. The predicted molar refractivity (Wildman–Crippen MR) is 213 cm³/mol. The monoisotopic (exact) mass is 656 g/mol. The zero-order chi connectivity index (χ0) is 32.8. The number of furan rings is 1. The highest BCUT2D eigenvalue weighted by molar-refractivity contribution is 7.25. The van der Waals surface area contributed by atoms with Crippen LogP contribution in [-0.2, 0) is 0 Å². The van der Waals surface area contributed by atoms with E-state index in [0.717, 1.165) is 44.7 Å². The molecule has 11 aromatic rings. The van der Waals surface area contributed by atoms with Crippen molar-refractivity contribution in [3.8, 4) is 5.69 Å². The van der Waals surface area contributed by atoms with Crippen molar-refractivity contribution in [1.29, 1.82) is 0 Å². The van der Waals surface area contributed by atoms with Crippen LogP contribution < -0.4 is 4.90 Å². The summed E-state index contributed by atoms with van der Waals surface area (Å²) in [7, 11) is 0. The van der Waals surface area contributed by atoms with Gasteiger partial charge in [-0.05, 0) is 95.7 Å². The molecule has 0 amide bonds. The average Bonchev–Trinajstić information content (AvgIpc) is 3.84. The fraction of sp³-hybridized carbons (Fsp3) is 0. The third-order valence-corrected chi connectivity index (χ3v) is 11.3. The minimum absolute atomic E-state index is 0.888. The molecule has 3 nitrogen and oxygen atoms in total. The molecule has 0 atom stereocenters. The van der Waals surface area contributed by atoms with Crippen LogP contribution in [0.5, 0.6) is 0 Å². The molecule has 11 rings (SSSR count). The standard InChI is InChI=1S/C46H28N2OS/c1-2-11-31(12-3-1)48-39-16-7-4-15-36(39)46-40(17-10-18-41(46)48)47(33-23-24-43-37(28-33)34-13-5-8-19-42(34)49-43)32-22-21-29-27-45-38(26-30(29)25-32)35-14-6-9-20-44(35)50-45/h1-28H. The van der Waals surface area contributed by atoms with Gasteiger partial charge in [0.1, 0.15) is 11.2 Å². The van der Waals surface area contributed by atoms with Crippen molar-refractivity contribution in [3.05, 3.63) is 170 Å². The Balaban J connectivity index is 1.22. The lowest BCUT2D eigenvalue weighted by atomic mass is 10.0. The van der Waals surface area contributed by atoms with Gasteiger partial charge >= 0.3 is 0 Å². The number of fused-ring (bicyclic) bond motifs is 10. The van der Waals surface area contributed by atoms with Crippen molar-refractivity contribution in [2.75, 3.05) is 4.90 Å². The Hall–Kier alpha value is -6.36. The molecule has 3 heterocycles. The lowest BCUT2D eigenvalue weighted by Crippen LogP contribution is -2.10. The average molecular weight is 657 g/mol. The summed E-state index contributed by atoms with van der Waals surface area (Å²) in [5.41, 5.74) is 8.59. The van der Waals surface area contributed by atoms with Gasteiger partial charge in [0.15, 0.2) is 0 Å². The van der Waals surface area contributed by atoms with Crippen LogP contribution in [0, 0.1) is 0 Å². The van der Waals surface area contributed by atoms with E-state index in [1.165, 1.54) is 52.8 Å². The van der Waals surface area contributed by atoms with Gasteiger partial charge in [0.25, 0.3) is 0 Å². The number of hydrogen-bond acceptors (Lipinski definition) is 3. The summed E-state index contributed by atoms with van der Waals surface area (Å²) in [6.07, 6.45) is 0. The molecule has 3 aromatic heterocycles. The van der Waals surface area contributed by atoms with Crippen LogP contribution in [0.15, 0.2) is 174 Å². The van der Waals surface area contributed by atoms with Gasteiger partial charge in [0.05, 0.1) is 16.7 Å². The number of nitrogens with zero attached hydrogens (tertiary/aromatic N) is 2. The minimum Gasteiger partial charge on any atom is -0.456 e. The van der Waals surface area contributed by atoms with Crippen LogP contribution in [0.25, 0.3) is 80.4 Å². The molecule has 234 valence electrons. The molecule has 0 N–H and O–H groups in total. The van der Waals surface area contributed by atoms with Crippen LogP contribution in [0.3, 0.4) is 0 Å². The number of rotatable bonds is 4. The van der Waals surface area contributed by atoms with E-state index in [2.05, 4.69) is 167 Å². The molecule has 0 fully saturated rings. The van der Waals surface area contributed by atoms with E-state index in [0.29, 0.717) is 0 Å². The fourth-order valence-corrected chi connectivity index (χ4v) is 9.05. The molecular weight excluding hydrogens is 629 g/mol. The molecule has 0 spiro atoms. The number of thiophene rings is 1. The van der Waals surface area contributed by atoms with Crippen LogP contribution in [0.4, 0.5) is 17.1 Å². The fourth-order valence-electron chi connectivity index (χ4n) is 7.92. The van der Waals surface area contributed by atoms with Gasteiger partial charge in [0.2, 0.25) is 0 Å². The molecule has 0 aliphatic heterocycles. The lowest BCUT2D eigenvalue weighted by Gasteiger charge is -2.27. The highest BCUT2D eigenvalue weighted by atomic mass is 32.1. The highest BCUT2D eigenvalue weighted by Gasteiger charge is 2.22. The van der Waals surface area contributed by atoms with Crippen LogP contribution in [0.1, 0.15) is 0 Å². The maximum absolute atomic E-state index is 6.28. The molecule has 0 unspecified atom stereocenters. The van der Waals surface area contributed by atoms with Gasteiger partial charge in [-0.15, -0.1) is 11.3 Å². The third kappa shape index (κ3) is 4.03. The lowest BCUT2D eigenvalue weighted by molar-refractivity contribution is 0.669. The zero-order valence-electron chi connectivity index (χ0n) is 26.9. The van der Waals surface area contributed by atoms with Crippen molar-refractivity contribution < 1.29 is 4.42 Å². The topological polar surface area (TPSA) is 21.3 Å². The number of aromatic nitrogens is 1. The van der Waals surface area contributed by atoms with Gasteiger partial charge in [-0.1, -0.05) is 84.9 Å². The normalized spacial score (nSPS) is 12.0. The quantitative estimate of drug-likeness (QED) is 0.188. The Morgan fingerprint density at radius 1 is 0.440 bits per heavy atom. The highest BCUT2D eigenvalue weighted by Crippen LogP contribution is 2.46. The summed E-state index contributed by atoms with van der Waals surface area (Å²) < 4.78 is 11.3. The largest absolute Gasteiger partial charge is 0.456 e. The smallest absolute Gasteiger partial charge is 0.135 e. The summed E-state index contributed by atoms with van der Waals surface area (Å²) in [6.45, 7) is 0. The summed E-state index contributed by atoms with van der Waals surface area (Å²) in [6, 6.07) is 61.4. The first-order valence-corrected chi connectivity index (χ1v) is 17.7. The molecule has 0 aliphatic rings. The van der Waals surface area contributed by atoms with Crippen LogP contribution in [-0.4, -0.2) is 4.57 Å². The van der Waals surface area contributed by atoms with Crippen molar-refractivity contribution in [2.24, 2.45) is 0 Å². The summed E-state index contributed by atoms with van der Waals surface area (Å²) in [5, 5.41) is 9.73. The van der Waals surface area contributed by atoms with Crippen molar-refractivity contribution in [3.63, 3.8) is 0 Å². The Morgan fingerprint density at radius 2 is 1.16 bits per heavy atom. The first-order chi connectivity index (χ1) is 24.8. The Morgan fingerprint density at radius 3 is 2.08 bits per heavy atom. The Labute approximate surface area is 291 Å². The second kappa shape index (κ2) is 10.6. The number of anilines is 3. The van der Waals surface area contributed by atoms with Crippen LogP contribution in [0.2, 0.25) is 0 Å². The van der Waals surface area contributed by atoms with Gasteiger partial charge in [-0.3, -0.25) is 0 Å². The molecule has 0 aliphatic carbocycles. The number of hydrogen-bond donors (Lipinski definition) is 0.